The Kier molecular flexibility index (Phi) is 8.23. The zero-order valence-corrected chi connectivity index (χ0v) is 9.25. The number of halogens is 3. The second-order valence-corrected chi connectivity index (χ2v) is 2.25. The monoisotopic (exact) mass is 240 g/mol. The maximum atomic E-state index is 5.34. The molecule has 0 saturated carbocycles. The lowest BCUT2D eigenvalue weighted by Gasteiger charge is -2.10. The first-order chi connectivity index (χ1) is 4.97. The van der Waals surface area contributed by atoms with Crippen LogP contribution in [0.2, 0.25) is 0 Å². The third kappa shape index (κ3) is 3.47. The molecule has 1 aromatic rings. The molecule has 0 radical (unpaired) electrons. The summed E-state index contributed by atoms with van der Waals surface area (Å²) in [5, 5.41) is 0. The first-order valence-corrected chi connectivity index (χ1v) is 3.35. The molecule has 2 rings (SSSR count). The zero-order valence-electron chi connectivity index (χ0n) is 6.80. The van der Waals surface area contributed by atoms with E-state index in [1.807, 2.05) is 30.3 Å². The van der Waals surface area contributed by atoms with Crippen LogP contribution >= 0.6 is 37.2 Å². The fourth-order valence-corrected chi connectivity index (χ4v) is 1.06. The van der Waals surface area contributed by atoms with Crippen molar-refractivity contribution in [2.24, 2.45) is 0 Å². The van der Waals surface area contributed by atoms with Crippen LogP contribution in [0.25, 0.3) is 6.08 Å². The normalized spacial score (nSPS) is 10.8. The Balaban J connectivity index is 0. The van der Waals surface area contributed by atoms with Gasteiger partial charge < -0.3 is 4.74 Å². The summed E-state index contributed by atoms with van der Waals surface area (Å²) in [5.74, 6) is 0.991. The number of fused-ring (bicyclic) bond motifs is 1. The Hall–Kier alpha value is -0.370. The third-order valence-electron chi connectivity index (χ3n) is 1.55. The molecule has 0 spiro atoms. The fourth-order valence-electron chi connectivity index (χ4n) is 1.06. The highest BCUT2D eigenvalue weighted by Crippen LogP contribution is 2.21. The minimum absolute atomic E-state index is 0. The number of rotatable bonds is 0. The largest absolute Gasteiger partial charge is 0.489 e. The molecule has 0 aromatic heterocycles. The maximum absolute atomic E-state index is 5.34. The van der Waals surface area contributed by atoms with Gasteiger partial charge in [0.05, 0.1) is 0 Å². The SMILES string of the molecule is C1=Cc2ccccc2OC1.Cl.Cl.Cl. The van der Waals surface area contributed by atoms with Gasteiger partial charge in [-0.15, -0.1) is 37.2 Å². The van der Waals surface area contributed by atoms with Gasteiger partial charge in [0.25, 0.3) is 0 Å². The molecular weight excluding hydrogens is 230 g/mol. The highest BCUT2D eigenvalue weighted by atomic mass is 35.5. The molecule has 4 heteroatoms. The van der Waals surface area contributed by atoms with Crippen LogP contribution in [0.4, 0.5) is 0 Å². The van der Waals surface area contributed by atoms with Crippen molar-refractivity contribution in [1.29, 1.82) is 0 Å². The zero-order chi connectivity index (χ0) is 6.81. The molecule has 0 amide bonds. The molecule has 0 fully saturated rings. The lowest BCUT2D eigenvalue weighted by molar-refractivity contribution is 0.358. The van der Waals surface area contributed by atoms with Gasteiger partial charge in [0.15, 0.2) is 0 Å². The van der Waals surface area contributed by atoms with Gasteiger partial charge in [-0.2, -0.15) is 0 Å². The van der Waals surface area contributed by atoms with Gasteiger partial charge in [-0.1, -0.05) is 24.3 Å². The molecular formula is C9H11Cl3O. The summed E-state index contributed by atoms with van der Waals surface area (Å²) >= 11 is 0. The van der Waals surface area contributed by atoms with Crippen molar-refractivity contribution in [3.05, 3.63) is 35.9 Å². The topological polar surface area (TPSA) is 9.23 Å². The van der Waals surface area contributed by atoms with E-state index in [0.29, 0.717) is 6.61 Å². The summed E-state index contributed by atoms with van der Waals surface area (Å²) in [5.41, 5.74) is 1.17. The molecule has 0 aliphatic carbocycles. The molecule has 1 heterocycles. The molecule has 1 aliphatic heterocycles. The van der Waals surface area contributed by atoms with Crippen LogP contribution in [-0.4, -0.2) is 6.61 Å². The van der Waals surface area contributed by atoms with Gasteiger partial charge in [0.1, 0.15) is 12.4 Å². The molecule has 0 N–H and O–H groups in total. The lowest BCUT2D eigenvalue weighted by Crippen LogP contribution is -1.98. The van der Waals surface area contributed by atoms with Crippen molar-refractivity contribution in [3.63, 3.8) is 0 Å². The van der Waals surface area contributed by atoms with Gasteiger partial charge >= 0.3 is 0 Å². The second kappa shape index (κ2) is 7.07. The van der Waals surface area contributed by atoms with Crippen LogP contribution in [0.5, 0.6) is 5.75 Å². The maximum Gasteiger partial charge on any atom is 0.126 e. The van der Waals surface area contributed by atoms with E-state index in [9.17, 15) is 0 Å². The van der Waals surface area contributed by atoms with E-state index in [2.05, 4.69) is 6.08 Å². The molecule has 1 aliphatic rings. The van der Waals surface area contributed by atoms with Gasteiger partial charge in [-0.3, -0.25) is 0 Å². The van der Waals surface area contributed by atoms with E-state index in [-0.39, 0.29) is 37.2 Å². The highest BCUT2D eigenvalue weighted by Gasteiger charge is 2.01. The standard InChI is InChI=1S/C9H8O.3ClH/c1-2-6-9-8(4-1)5-3-7-10-9;;;/h1-6H,7H2;3*1H. The van der Waals surface area contributed by atoms with Crippen LogP contribution in [0.3, 0.4) is 0 Å². The third-order valence-corrected chi connectivity index (χ3v) is 1.55. The first-order valence-electron chi connectivity index (χ1n) is 3.35. The Labute approximate surface area is 96.4 Å². The van der Waals surface area contributed by atoms with E-state index >= 15 is 0 Å². The lowest BCUT2D eigenvalue weighted by atomic mass is 10.1. The molecule has 1 nitrogen and oxygen atoms in total. The second-order valence-electron chi connectivity index (χ2n) is 2.25. The Morgan fingerprint density at radius 2 is 1.69 bits per heavy atom. The van der Waals surface area contributed by atoms with Crippen LogP contribution in [0, 0.1) is 0 Å². The van der Waals surface area contributed by atoms with Crippen molar-refractivity contribution in [2.45, 2.75) is 0 Å². The number of para-hydroxylation sites is 1. The number of benzene rings is 1. The summed E-state index contributed by atoms with van der Waals surface area (Å²) in [6, 6.07) is 8.03. The summed E-state index contributed by atoms with van der Waals surface area (Å²) in [7, 11) is 0. The van der Waals surface area contributed by atoms with Crippen molar-refractivity contribution in [2.75, 3.05) is 6.61 Å². The first kappa shape index (κ1) is 15.1. The van der Waals surface area contributed by atoms with Gasteiger partial charge in [0.2, 0.25) is 0 Å². The van der Waals surface area contributed by atoms with Gasteiger partial charge in [-0.05, 0) is 12.1 Å². The summed E-state index contributed by atoms with van der Waals surface area (Å²) in [6.45, 7) is 0.705. The van der Waals surface area contributed by atoms with Crippen LogP contribution in [0.1, 0.15) is 5.56 Å². The van der Waals surface area contributed by atoms with E-state index in [1.165, 1.54) is 5.56 Å². The van der Waals surface area contributed by atoms with Gasteiger partial charge in [-0.25, -0.2) is 0 Å². The van der Waals surface area contributed by atoms with Gasteiger partial charge in [0, 0.05) is 5.56 Å². The van der Waals surface area contributed by atoms with E-state index in [1.54, 1.807) is 0 Å². The molecule has 74 valence electrons. The summed E-state index contributed by atoms with van der Waals surface area (Å²) in [6.07, 6.45) is 4.10. The number of hydrogen-bond acceptors (Lipinski definition) is 1. The number of ether oxygens (including phenoxy) is 1. The molecule has 0 atom stereocenters. The van der Waals surface area contributed by atoms with E-state index < -0.39 is 0 Å². The summed E-state index contributed by atoms with van der Waals surface area (Å²) < 4.78 is 5.34. The molecule has 13 heavy (non-hydrogen) atoms. The predicted molar refractivity (Wildman–Crippen MR) is 62.7 cm³/mol. The predicted octanol–water partition coefficient (Wildman–Crippen LogP) is 3.36. The minimum atomic E-state index is 0. The molecule has 0 unspecified atom stereocenters. The Morgan fingerprint density at radius 3 is 2.38 bits per heavy atom. The molecule has 0 saturated heterocycles. The Bertz CT molecular complexity index is 273. The molecule has 0 bridgehead atoms. The van der Waals surface area contributed by atoms with E-state index in [0.717, 1.165) is 5.75 Å². The smallest absolute Gasteiger partial charge is 0.126 e. The number of hydrogen-bond donors (Lipinski definition) is 0. The molecule has 1 aromatic carbocycles. The summed E-state index contributed by atoms with van der Waals surface area (Å²) in [4.78, 5) is 0. The average molecular weight is 242 g/mol. The van der Waals surface area contributed by atoms with Crippen molar-refractivity contribution >= 4 is 43.3 Å². The van der Waals surface area contributed by atoms with Crippen molar-refractivity contribution in [1.82, 2.24) is 0 Å². The quantitative estimate of drug-likeness (QED) is 0.677. The van der Waals surface area contributed by atoms with E-state index in [4.69, 9.17) is 4.74 Å². The average Bonchev–Trinajstić information content (AvgIpc) is 2.05. The highest BCUT2D eigenvalue weighted by molar-refractivity contribution is 5.86. The fraction of sp³-hybridized carbons (Fsp3) is 0.111. The van der Waals surface area contributed by atoms with Crippen LogP contribution in [0.15, 0.2) is 30.3 Å². The Morgan fingerprint density at radius 1 is 1.00 bits per heavy atom. The minimum Gasteiger partial charge on any atom is -0.489 e. The van der Waals surface area contributed by atoms with Crippen LogP contribution < -0.4 is 4.74 Å². The van der Waals surface area contributed by atoms with Crippen LogP contribution in [-0.2, 0) is 0 Å². The van der Waals surface area contributed by atoms with Crippen molar-refractivity contribution < 1.29 is 4.74 Å². The van der Waals surface area contributed by atoms with Crippen molar-refractivity contribution in [3.8, 4) is 5.75 Å².